The number of methoxy groups -OCH3 is 1. The van der Waals surface area contributed by atoms with E-state index in [0.29, 0.717) is 11.2 Å². The third-order valence-electron chi connectivity index (χ3n) is 7.47. The Kier molecular flexibility index (Phi) is 5.65. The third kappa shape index (κ3) is 4.16. The lowest BCUT2D eigenvalue weighted by Crippen LogP contribution is -2.41. The van der Waals surface area contributed by atoms with Gasteiger partial charge in [0.25, 0.3) is 11.8 Å². The van der Waals surface area contributed by atoms with Crippen LogP contribution in [0, 0.1) is 17.0 Å². The van der Waals surface area contributed by atoms with Gasteiger partial charge in [0, 0.05) is 46.8 Å². The van der Waals surface area contributed by atoms with Crippen LogP contribution in [0.2, 0.25) is 0 Å². The van der Waals surface area contributed by atoms with Crippen molar-refractivity contribution in [2.45, 2.75) is 63.3 Å². The largest absolute Gasteiger partial charge is 0.493 e. The minimum Gasteiger partial charge on any atom is -0.493 e. The molecule has 2 N–H and O–H groups in total. The maximum Gasteiger partial charge on any atom is 0.271 e. The highest BCUT2D eigenvalue weighted by Gasteiger charge is 2.74. The Balaban J connectivity index is 1.62. The molecule has 0 aliphatic heterocycles. The monoisotopic (exact) mass is 517 g/mol. The number of carbonyl (C=O) groups is 1. The molecule has 37 heavy (non-hydrogen) atoms. The maximum atomic E-state index is 14.6. The summed E-state index contributed by atoms with van der Waals surface area (Å²) in [6.45, 7) is 5.40. The lowest BCUT2D eigenvalue weighted by Gasteiger charge is -2.23. The van der Waals surface area contributed by atoms with Crippen LogP contribution >= 0.6 is 0 Å². The molecule has 2 heterocycles. The summed E-state index contributed by atoms with van der Waals surface area (Å²) in [5, 5.41) is 2.87. The van der Waals surface area contributed by atoms with Crippen LogP contribution in [-0.2, 0) is 0 Å². The van der Waals surface area contributed by atoms with Gasteiger partial charge in [-0.1, -0.05) is 6.07 Å². The molecule has 0 radical (unpaired) electrons. The van der Waals surface area contributed by atoms with Crippen molar-refractivity contribution in [3.63, 3.8) is 0 Å². The van der Waals surface area contributed by atoms with Crippen molar-refractivity contribution in [1.29, 1.82) is 0 Å². The molecule has 0 bridgehead atoms. The Labute approximate surface area is 210 Å². The smallest absolute Gasteiger partial charge is 0.271 e. The van der Waals surface area contributed by atoms with Crippen molar-refractivity contribution >= 4 is 16.8 Å². The zero-order valence-corrected chi connectivity index (χ0v) is 20.8. The molecule has 2 aliphatic rings. The van der Waals surface area contributed by atoms with E-state index >= 15 is 0 Å². The molecule has 10 heteroatoms. The van der Waals surface area contributed by atoms with Gasteiger partial charge in [-0.05, 0) is 51.7 Å². The van der Waals surface area contributed by atoms with Crippen molar-refractivity contribution in [2.24, 2.45) is 5.41 Å². The summed E-state index contributed by atoms with van der Waals surface area (Å²) in [6, 6.07) is 5.14. The molecule has 1 aromatic carbocycles. The molecule has 0 unspecified atom stereocenters. The zero-order chi connectivity index (χ0) is 26.9. The summed E-state index contributed by atoms with van der Waals surface area (Å²) in [6.07, 6.45) is 1.16. The van der Waals surface area contributed by atoms with E-state index in [-0.39, 0.29) is 41.7 Å². The lowest BCUT2D eigenvalue weighted by molar-refractivity contribution is 0.0649. The second-order valence-electron chi connectivity index (χ2n) is 11.1. The third-order valence-corrected chi connectivity index (χ3v) is 7.47. The predicted molar refractivity (Wildman–Crippen MR) is 129 cm³/mol. The van der Waals surface area contributed by atoms with Crippen LogP contribution in [0.4, 0.5) is 17.6 Å². The molecule has 2 aliphatic carbocycles. The van der Waals surface area contributed by atoms with Crippen molar-refractivity contribution < 1.29 is 27.1 Å². The van der Waals surface area contributed by atoms with Crippen LogP contribution in [0.1, 0.15) is 73.6 Å². The number of H-pyrrole nitrogens is 1. The molecule has 196 valence electrons. The number of halogens is 4. The zero-order valence-electron chi connectivity index (χ0n) is 20.8. The van der Waals surface area contributed by atoms with E-state index in [1.807, 2.05) is 0 Å². The summed E-state index contributed by atoms with van der Waals surface area (Å²) in [5.74, 6) is -7.29. The molecule has 0 saturated heterocycles. The van der Waals surface area contributed by atoms with Crippen molar-refractivity contribution in [1.82, 2.24) is 15.3 Å². The molecule has 2 saturated carbocycles. The second-order valence-corrected chi connectivity index (χ2v) is 11.1. The first-order chi connectivity index (χ1) is 17.3. The number of nitrogens with zero attached hydrogens (tertiary/aromatic N) is 1. The van der Waals surface area contributed by atoms with Crippen LogP contribution in [-0.4, -0.2) is 34.4 Å². The molecule has 2 aromatic heterocycles. The minimum atomic E-state index is -2.88. The van der Waals surface area contributed by atoms with Gasteiger partial charge >= 0.3 is 0 Å². The number of aromatic amines is 1. The minimum absolute atomic E-state index is 0.0295. The Morgan fingerprint density at radius 2 is 1.84 bits per heavy atom. The quantitative estimate of drug-likeness (QED) is 0.453. The predicted octanol–water partition coefficient (Wildman–Crippen LogP) is 5.42. The first-order valence-electron chi connectivity index (χ1n) is 12.0. The number of hydrogen-bond donors (Lipinski definition) is 2. The fourth-order valence-electron chi connectivity index (χ4n) is 5.73. The number of carbonyl (C=O) groups excluding carboxylic acids is 1. The molecule has 5 rings (SSSR count). The van der Waals surface area contributed by atoms with E-state index in [1.165, 1.54) is 31.5 Å². The molecule has 3 aromatic rings. The van der Waals surface area contributed by atoms with Gasteiger partial charge in [-0.3, -0.25) is 14.6 Å². The molecule has 3 atom stereocenters. The van der Waals surface area contributed by atoms with Gasteiger partial charge in [-0.2, -0.15) is 4.39 Å². The number of nitrogens with one attached hydrogen (secondary N) is 2. The van der Waals surface area contributed by atoms with Crippen molar-refractivity contribution in [3.05, 3.63) is 69.3 Å². The Bertz CT molecular complexity index is 1480. The number of alkyl halides is 2. The van der Waals surface area contributed by atoms with E-state index in [4.69, 9.17) is 4.74 Å². The molecule has 6 nitrogen and oxygen atoms in total. The highest BCUT2D eigenvalue weighted by molar-refractivity contribution is 6.04. The van der Waals surface area contributed by atoms with Gasteiger partial charge in [0.2, 0.25) is 5.82 Å². The van der Waals surface area contributed by atoms with Gasteiger partial charge in [0.05, 0.1) is 18.0 Å². The number of pyridine rings is 2. The molecular weight excluding hydrogens is 490 g/mol. The van der Waals surface area contributed by atoms with Crippen LogP contribution in [0.25, 0.3) is 10.9 Å². The molecule has 2 fully saturated rings. The van der Waals surface area contributed by atoms with E-state index in [1.54, 1.807) is 20.8 Å². The topological polar surface area (TPSA) is 84.1 Å². The van der Waals surface area contributed by atoms with Gasteiger partial charge in [-0.15, -0.1) is 0 Å². The lowest BCUT2D eigenvalue weighted by atomic mass is 9.85. The Morgan fingerprint density at radius 3 is 2.46 bits per heavy atom. The van der Waals surface area contributed by atoms with Gasteiger partial charge < -0.3 is 15.0 Å². The standard InChI is InChI=1S/C27H27F4N3O3/c1-25(2,3)34-24(36)22-20-17(7-8-32-22)33-18(9-19(20)35)15-11-26(12-27(26,30)31)10-14(15)13-5-6-16(28)21(29)23(13)37-4/h5-9,14-15H,10-12H2,1-4H3,(H,33,35)(H,34,36)/t14-,15+,26-/m1/s1. The summed E-state index contributed by atoms with van der Waals surface area (Å²) in [7, 11) is 1.20. The SMILES string of the molecule is COc1c([C@H]2C[C@@]3(C[C@@H]2c2cc(=O)c4c(C(=O)NC(C)(C)C)nccc4[nH]2)CC3(F)F)ccc(F)c1F. The Morgan fingerprint density at radius 1 is 1.16 bits per heavy atom. The highest BCUT2D eigenvalue weighted by atomic mass is 19.3. The van der Waals surface area contributed by atoms with Crippen LogP contribution in [0.15, 0.2) is 35.3 Å². The average molecular weight is 518 g/mol. The average Bonchev–Trinajstić information content (AvgIpc) is 3.14. The number of rotatable bonds is 4. The number of benzene rings is 1. The summed E-state index contributed by atoms with van der Waals surface area (Å²) >= 11 is 0. The van der Waals surface area contributed by atoms with E-state index in [2.05, 4.69) is 15.3 Å². The fourth-order valence-corrected chi connectivity index (χ4v) is 5.73. The van der Waals surface area contributed by atoms with Gasteiger partial charge in [-0.25, -0.2) is 13.2 Å². The first kappa shape index (κ1) is 25.2. The maximum absolute atomic E-state index is 14.6. The Hall–Kier alpha value is -3.43. The number of fused-ring (bicyclic) bond motifs is 1. The van der Waals surface area contributed by atoms with Gasteiger partial charge in [0.1, 0.15) is 5.69 Å². The number of ether oxygens (including phenoxy) is 1. The number of amides is 1. The van der Waals surface area contributed by atoms with Crippen LogP contribution in [0.3, 0.4) is 0 Å². The van der Waals surface area contributed by atoms with Gasteiger partial charge in [0.15, 0.2) is 17.0 Å². The molecule has 1 spiro atoms. The number of aromatic nitrogens is 2. The second kappa shape index (κ2) is 8.29. The molecular formula is C27H27F4N3O3. The summed E-state index contributed by atoms with van der Waals surface area (Å²) < 4.78 is 62.7. The van der Waals surface area contributed by atoms with Crippen LogP contribution < -0.4 is 15.5 Å². The normalized spacial score (nSPS) is 24.4. The first-order valence-corrected chi connectivity index (χ1v) is 12.0. The van der Waals surface area contributed by atoms with E-state index < -0.39 is 51.7 Å². The van der Waals surface area contributed by atoms with Crippen LogP contribution in [0.5, 0.6) is 5.75 Å². The van der Waals surface area contributed by atoms with Crippen molar-refractivity contribution in [3.8, 4) is 5.75 Å². The van der Waals surface area contributed by atoms with E-state index in [9.17, 15) is 27.2 Å². The summed E-state index contributed by atoms with van der Waals surface area (Å²) in [4.78, 5) is 33.4. The molecule has 1 amide bonds. The summed E-state index contributed by atoms with van der Waals surface area (Å²) in [5.41, 5.74) is -1.41. The van der Waals surface area contributed by atoms with E-state index in [0.717, 1.165) is 6.07 Å². The van der Waals surface area contributed by atoms with Crippen molar-refractivity contribution in [2.75, 3.05) is 7.11 Å². The number of hydrogen-bond acceptors (Lipinski definition) is 4. The highest BCUT2D eigenvalue weighted by Crippen LogP contribution is 2.74. The fraction of sp³-hybridized carbons (Fsp3) is 0.444.